The van der Waals surface area contributed by atoms with Crippen molar-refractivity contribution in [1.82, 2.24) is 5.32 Å². The highest BCUT2D eigenvalue weighted by molar-refractivity contribution is 5.94. The van der Waals surface area contributed by atoms with Gasteiger partial charge in [0.1, 0.15) is 5.75 Å². The topological polar surface area (TPSA) is 94.1 Å². The molecule has 2 aromatic rings. The molecule has 27 heavy (non-hydrogen) atoms. The normalized spacial score (nSPS) is 12.5. The predicted molar refractivity (Wildman–Crippen MR) is 97.5 cm³/mol. The zero-order chi connectivity index (χ0) is 19.4. The highest BCUT2D eigenvalue weighted by atomic mass is 16.7. The molecule has 0 spiro atoms. The Kier molecular flexibility index (Phi) is 5.21. The molecule has 1 heterocycles. The Hall–Kier alpha value is -3.22. The Labute approximate surface area is 156 Å². The number of nitrogens with one attached hydrogen (secondary N) is 1. The van der Waals surface area contributed by atoms with Crippen molar-refractivity contribution in [1.29, 1.82) is 0 Å². The molecule has 7 nitrogen and oxygen atoms in total. The van der Waals surface area contributed by atoms with E-state index in [1.807, 2.05) is 32.0 Å². The van der Waals surface area contributed by atoms with Gasteiger partial charge in [-0.3, -0.25) is 4.79 Å². The van der Waals surface area contributed by atoms with Gasteiger partial charge in [-0.2, -0.15) is 0 Å². The molecule has 0 bridgehead atoms. The van der Waals surface area contributed by atoms with E-state index in [0.717, 1.165) is 11.3 Å². The third kappa shape index (κ3) is 4.49. The van der Waals surface area contributed by atoms with Crippen molar-refractivity contribution in [3.8, 4) is 17.2 Å². The van der Waals surface area contributed by atoms with Gasteiger partial charge in [-0.15, -0.1) is 0 Å². The second-order valence-corrected chi connectivity index (χ2v) is 6.84. The minimum Gasteiger partial charge on any atom is -0.482 e. The molecule has 1 aliphatic rings. The zero-order valence-electron chi connectivity index (χ0n) is 15.2. The minimum absolute atomic E-state index is 0.218. The number of ether oxygens (including phenoxy) is 3. The lowest BCUT2D eigenvalue weighted by Crippen LogP contribution is -2.36. The molecule has 142 valence electrons. The number of hydrogen-bond donors (Lipinski definition) is 2. The molecular weight excluding hydrogens is 350 g/mol. The molecule has 1 aliphatic heterocycles. The van der Waals surface area contributed by atoms with Crippen molar-refractivity contribution >= 4 is 11.9 Å². The smallest absolute Gasteiger partial charge is 0.341 e. The number of hydrogen-bond acceptors (Lipinski definition) is 5. The van der Waals surface area contributed by atoms with Gasteiger partial charge in [0, 0.05) is 17.5 Å². The molecule has 0 atom stereocenters. The molecule has 2 aromatic carbocycles. The molecule has 2 N–H and O–H groups in total. The summed E-state index contributed by atoms with van der Waals surface area (Å²) in [5.74, 6) is 0.423. The molecule has 3 rings (SSSR count). The van der Waals surface area contributed by atoms with Crippen LogP contribution in [0, 0.1) is 0 Å². The Morgan fingerprint density at radius 3 is 2.70 bits per heavy atom. The Morgan fingerprint density at radius 2 is 1.93 bits per heavy atom. The number of amides is 1. The highest BCUT2D eigenvalue weighted by Gasteiger charge is 2.25. The summed E-state index contributed by atoms with van der Waals surface area (Å²) in [6, 6.07) is 12.2. The first-order valence-electron chi connectivity index (χ1n) is 8.48. The van der Waals surface area contributed by atoms with Gasteiger partial charge in [0.2, 0.25) is 6.79 Å². The third-order valence-corrected chi connectivity index (χ3v) is 4.30. The van der Waals surface area contributed by atoms with E-state index in [4.69, 9.17) is 19.3 Å². The van der Waals surface area contributed by atoms with Crippen LogP contribution >= 0.6 is 0 Å². The zero-order valence-corrected chi connectivity index (χ0v) is 15.2. The summed E-state index contributed by atoms with van der Waals surface area (Å²) >= 11 is 0. The molecule has 0 saturated heterocycles. The maximum atomic E-state index is 12.5. The number of fused-ring (bicyclic) bond motifs is 1. The number of carbonyl (C=O) groups excluding carboxylic acids is 1. The summed E-state index contributed by atoms with van der Waals surface area (Å²) in [6.07, 6.45) is 0. The van der Waals surface area contributed by atoms with E-state index in [2.05, 4.69) is 5.32 Å². The average Bonchev–Trinajstić information content (AvgIpc) is 3.12. The van der Waals surface area contributed by atoms with Crippen molar-refractivity contribution in [3.05, 3.63) is 53.6 Å². The summed E-state index contributed by atoms with van der Waals surface area (Å²) in [6.45, 7) is 4.22. The van der Waals surface area contributed by atoms with Crippen LogP contribution in [0.25, 0.3) is 0 Å². The van der Waals surface area contributed by atoms with Gasteiger partial charge in [0.25, 0.3) is 5.91 Å². The lowest BCUT2D eigenvalue weighted by molar-refractivity contribution is -0.139. The fraction of sp³-hybridized carbons (Fsp3) is 0.300. The van der Waals surface area contributed by atoms with Gasteiger partial charge in [0.05, 0.1) is 0 Å². The average molecular weight is 371 g/mol. The maximum absolute atomic E-state index is 12.5. The first-order chi connectivity index (χ1) is 12.8. The van der Waals surface area contributed by atoms with E-state index in [1.54, 1.807) is 18.2 Å². The minimum atomic E-state index is -1.07. The van der Waals surface area contributed by atoms with Crippen LogP contribution in [-0.2, 0) is 10.2 Å². The van der Waals surface area contributed by atoms with Gasteiger partial charge in [0.15, 0.2) is 18.1 Å². The SMILES string of the molecule is CC(C)(CNC(=O)c1cccc(OCC(=O)O)c1)c1ccc2c(c1)OCO2. The first-order valence-corrected chi connectivity index (χ1v) is 8.48. The predicted octanol–water partition coefficient (Wildman–Crippen LogP) is 2.59. The molecule has 0 aliphatic carbocycles. The molecule has 0 saturated carbocycles. The summed E-state index contributed by atoms with van der Waals surface area (Å²) < 4.78 is 15.9. The summed E-state index contributed by atoms with van der Waals surface area (Å²) in [5, 5.41) is 11.6. The molecule has 1 amide bonds. The standard InChI is InChI=1S/C20H21NO6/c1-20(2,14-6-7-16-17(9-14)27-12-26-16)11-21-19(24)13-4-3-5-15(8-13)25-10-18(22)23/h3-9H,10-12H2,1-2H3,(H,21,24)(H,22,23). The second-order valence-electron chi connectivity index (χ2n) is 6.84. The molecular formula is C20H21NO6. The number of benzene rings is 2. The van der Waals surface area contributed by atoms with Crippen molar-refractivity contribution in [2.75, 3.05) is 19.9 Å². The van der Waals surface area contributed by atoms with Gasteiger partial charge in [-0.1, -0.05) is 26.0 Å². The maximum Gasteiger partial charge on any atom is 0.341 e. The number of rotatable bonds is 7. The third-order valence-electron chi connectivity index (χ3n) is 4.30. The van der Waals surface area contributed by atoms with E-state index in [1.165, 1.54) is 6.07 Å². The van der Waals surface area contributed by atoms with Crippen LogP contribution in [0.2, 0.25) is 0 Å². The van der Waals surface area contributed by atoms with Crippen LogP contribution in [0.3, 0.4) is 0 Å². The van der Waals surface area contributed by atoms with Gasteiger partial charge < -0.3 is 24.6 Å². The number of carbonyl (C=O) groups is 2. The van der Waals surface area contributed by atoms with E-state index in [-0.39, 0.29) is 18.1 Å². The monoisotopic (exact) mass is 371 g/mol. The number of carboxylic acid groups (broad SMARTS) is 1. The molecule has 0 unspecified atom stereocenters. The van der Waals surface area contributed by atoms with Crippen LogP contribution in [0.5, 0.6) is 17.2 Å². The lowest BCUT2D eigenvalue weighted by Gasteiger charge is -2.26. The van der Waals surface area contributed by atoms with Crippen LogP contribution in [0.4, 0.5) is 0 Å². The van der Waals surface area contributed by atoms with E-state index in [9.17, 15) is 9.59 Å². The summed E-state index contributed by atoms with van der Waals surface area (Å²) in [7, 11) is 0. The Morgan fingerprint density at radius 1 is 1.15 bits per heavy atom. The quantitative estimate of drug-likeness (QED) is 0.777. The molecule has 0 radical (unpaired) electrons. The number of aliphatic carboxylic acids is 1. The molecule has 7 heteroatoms. The van der Waals surface area contributed by atoms with Crippen molar-refractivity contribution in [2.24, 2.45) is 0 Å². The van der Waals surface area contributed by atoms with Crippen LogP contribution < -0.4 is 19.5 Å². The van der Waals surface area contributed by atoms with Crippen molar-refractivity contribution in [3.63, 3.8) is 0 Å². The van der Waals surface area contributed by atoms with Gasteiger partial charge in [-0.25, -0.2) is 4.79 Å². The first kappa shape index (κ1) is 18.6. The van der Waals surface area contributed by atoms with E-state index < -0.39 is 12.6 Å². The fourth-order valence-corrected chi connectivity index (χ4v) is 2.70. The lowest BCUT2D eigenvalue weighted by atomic mass is 9.84. The largest absolute Gasteiger partial charge is 0.482 e. The molecule has 0 fully saturated rings. The Balaban J connectivity index is 1.64. The van der Waals surface area contributed by atoms with Crippen molar-refractivity contribution in [2.45, 2.75) is 19.3 Å². The molecule has 0 aromatic heterocycles. The van der Waals surface area contributed by atoms with Crippen LogP contribution in [0.1, 0.15) is 29.8 Å². The van der Waals surface area contributed by atoms with E-state index in [0.29, 0.717) is 23.6 Å². The highest BCUT2D eigenvalue weighted by Crippen LogP contribution is 2.36. The Bertz CT molecular complexity index is 861. The summed E-state index contributed by atoms with van der Waals surface area (Å²) in [5.41, 5.74) is 1.10. The van der Waals surface area contributed by atoms with E-state index >= 15 is 0 Å². The van der Waals surface area contributed by atoms with Crippen molar-refractivity contribution < 1.29 is 28.9 Å². The van der Waals surface area contributed by atoms with Gasteiger partial charge >= 0.3 is 5.97 Å². The van der Waals surface area contributed by atoms with Crippen LogP contribution in [0.15, 0.2) is 42.5 Å². The van der Waals surface area contributed by atoms with Crippen LogP contribution in [-0.4, -0.2) is 36.9 Å². The van der Waals surface area contributed by atoms with Gasteiger partial charge in [-0.05, 0) is 35.9 Å². The second kappa shape index (κ2) is 7.57. The summed E-state index contributed by atoms with van der Waals surface area (Å²) in [4.78, 5) is 23.1. The fourth-order valence-electron chi connectivity index (χ4n) is 2.70. The number of carboxylic acids is 1.